The number of fused-ring (bicyclic) bond motifs is 1. The van der Waals surface area contributed by atoms with Crippen LogP contribution in [-0.4, -0.2) is 24.9 Å². The zero-order valence-corrected chi connectivity index (χ0v) is 17.7. The third-order valence-corrected chi connectivity index (χ3v) is 5.61. The molecule has 0 atom stereocenters. The van der Waals surface area contributed by atoms with Gasteiger partial charge in [0.25, 0.3) is 0 Å². The van der Waals surface area contributed by atoms with Crippen LogP contribution in [0.1, 0.15) is 22.3 Å². The number of aryl methyl sites for hydroxylation is 1. The number of benzene rings is 3. The Bertz CT molecular complexity index is 1080. The molecule has 1 heterocycles. The van der Waals surface area contributed by atoms with E-state index < -0.39 is 11.8 Å². The maximum Gasteiger partial charge on any atom is 0.313 e. The minimum absolute atomic E-state index is 0.413. The van der Waals surface area contributed by atoms with E-state index in [0.717, 1.165) is 30.6 Å². The van der Waals surface area contributed by atoms with Crippen LogP contribution in [0.2, 0.25) is 0 Å². The van der Waals surface area contributed by atoms with Gasteiger partial charge in [-0.1, -0.05) is 48.5 Å². The summed E-state index contributed by atoms with van der Waals surface area (Å²) in [6, 6.07) is 24.4. The Balaban J connectivity index is 1.25. The van der Waals surface area contributed by atoms with Crippen molar-refractivity contribution in [2.45, 2.75) is 26.3 Å². The molecule has 0 saturated heterocycles. The first-order chi connectivity index (χ1) is 15.1. The van der Waals surface area contributed by atoms with Crippen molar-refractivity contribution < 1.29 is 9.59 Å². The lowest BCUT2D eigenvalue weighted by Gasteiger charge is -2.30. The summed E-state index contributed by atoms with van der Waals surface area (Å²) >= 11 is 0. The van der Waals surface area contributed by atoms with Gasteiger partial charge in [-0.3, -0.25) is 9.59 Å². The molecule has 0 fully saturated rings. The quantitative estimate of drug-likeness (QED) is 0.625. The van der Waals surface area contributed by atoms with Crippen LogP contribution in [0, 0.1) is 6.92 Å². The normalized spacial score (nSPS) is 12.7. The third kappa shape index (κ3) is 5.31. The molecule has 0 aliphatic carbocycles. The van der Waals surface area contributed by atoms with E-state index in [1.807, 2.05) is 25.1 Å². The number of amides is 2. The van der Waals surface area contributed by atoms with E-state index in [1.54, 1.807) is 6.07 Å². The Labute approximate surface area is 183 Å². The average Bonchev–Trinajstić information content (AvgIpc) is 2.79. The van der Waals surface area contributed by atoms with Crippen LogP contribution in [-0.2, 0) is 29.0 Å². The lowest BCUT2D eigenvalue weighted by atomic mass is 9.99. The second-order valence-corrected chi connectivity index (χ2v) is 7.94. The molecule has 0 aromatic heterocycles. The molecule has 1 aliphatic rings. The first-order valence-electron chi connectivity index (χ1n) is 10.6. The number of rotatable bonds is 5. The number of nitrogens with one attached hydrogen (secondary N) is 2. The summed E-state index contributed by atoms with van der Waals surface area (Å²) < 4.78 is 0. The van der Waals surface area contributed by atoms with Gasteiger partial charge in [0.1, 0.15) is 0 Å². The van der Waals surface area contributed by atoms with E-state index in [0.29, 0.717) is 18.7 Å². The van der Waals surface area contributed by atoms with Gasteiger partial charge >= 0.3 is 11.8 Å². The van der Waals surface area contributed by atoms with Gasteiger partial charge in [0.05, 0.1) is 0 Å². The Hall–Kier alpha value is -3.60. The molecular formula is C26H27N3O2. The van der Waals surface area contributed by atoms with E-state index in [2.05, 4.69) is 64.1 Å². The number of anilines is 2. The molecule has 0 spiro atoms. The molecule has 4 rings (SSSR count). The standard InChI is InChI=1S/C26H27N3O2/c1-19-5-4-8-23(17-19)28-26(31)25(30)27-15-13-20-9-11-24(12-10-20)29-16-14-21-6-2-3-7-22(21)18-29/h2-12,17H,13-16,18H2,1H3,(H,27,30)(H,28,31). The number of hydrogen-bond donors (Lipinski definition) is 2. The summed E-state index contributed by atoms with van der Waals surface area (Å²) in [5.74, 6) is -1.27. The van der Waals surface area contributed by atoms with Crippen molar-refractivity contribution in [3.8, 4) is 0 Å². The van der Waals surface area contributed by atoms with Gasteiger partial charge in [-0.2, -0.15) is 0 Å². The average molecular weight is 414 g/mol. The van der Waals surface area contributed by atoms with Crippen molar-refractivity contribution >= 4 is 23.2 Å². The highest BCUT2D eigenvalue weighted by Gasteiger charge is 2.16. The molecule has 5 nitrogen and oxygen atoms in total. The van der Waals surface area contributed by atoms with Crippen LogP contribution in [0.15, 0.2) is 72.8 Å². The Morgan fingerprint density at radius 1 is 0.903 bits per heavy atom. The maximum atomic E-state index is 12.1. The number of carbonyl (C=O) groups excluding carboxylic acids is 2. The van der Waals surface area contributed by atoms with Crippen LogP contribution in [0.4, 0.5) is 11.4 Å². The predicted octanol–water partition coefficient (Wildman–Crippen LogP) is 3.86. The zero-order valence-electron chi connectivity index (χ0n) is 17.7. The molecule has 0 bridgehead atoms. The fourth-order valence-corrected chi connectivity index (χ4v) is 3.90. The summed E-state index contributed by atoms with van der Waals surface area (Å²) in [4.78, 5) is 26.5. The summed E-state index contributed by atoms with van der Waals surface area (Å²) in [5.41, 5.74) is 6.81. The van der Waals surface area contributed by atoms with Gasteiger partial charge in [0, 0.05) is 31.0 Å². The summed E-state index contributed by atoms with van der Waals surface area (Å²) in [6.07, 6.45) is 1.74. The van der Waals surface area contributed by atoms with Crippen LogP contribution in [0.3, 0.4) is 0 Å². The van der Waals surface area contributed by atoms with Crippen molar-refractivity contribution in [2.75, 3.05) is 23.3 Å². The topological polar surface area (TPSA) is 61.4 Å². The molecule has 3 aromatic carbocycles. The highest BCUT2D eigenvalue weighted by Crippen LogP contribution is 2.24. The Kier molecular flexibility index (Phi) is 6.32. The molecule has 158 valence electrons. The van der Waals surface area contributed by atoms with Crippen molar-refractivity contribution in [3.63, 3.8) is 0 Å². The molecule has 5 heteroatoms. The van der Waals surface area contributed by atoms with Crippen LogP contribution < -0.4 is 15.5 Å². The lowest BCUT2D eigenvalue weighted by Crippen LogP contribution is -2.36. The molecule has 2 amide bonds. The zero-order chi connectivity index (χ0) is 21.6. The highest BCUT2D eigenvalue weighted by molar-refractivity contribution is 6.39. The SMILES string of the molecule is Cc1cccc(NC(=O)C(=O)NCCc2ccc(N3CCc4ccccc4C3)cc2)c1. The van der Waals surface area contributed by atoms with E-state index in [9.17, 15) is 9.59 Å². The molecule has 0 saturated carbocycles. The summed E-state index contributed by atoms with van der Waals surface area (Å²) in [7, 11) is 0. The minimum Gasteiger partial charge on any atom is -0.367 e. The Morgan fingerprint density at radius 3 is 2.45 bits per heavy atom. The second-order valence-electron chi connectivity index (χ2n) is 7.94. The van der Waals surface area contributed by atoms with Crippen molar-refractivity contribution in [3.05, 3.63) is 95.1 Å². The van der Waals surface area contributed by atoms with Crippen molar-refractivity contribution in [2.24, 2.45) is 0 Å². The van der Waals surface area contributed by atoms with Crippen molar-refractivity contribution in [1.82, 2.24) is 5.32 Å². The fourth-order valence-electron chi connectivity index (χ4n) is 3.90. The van der Waals surface area contributed by atoms with Gasteiger partial charge in [0.15, 0.2) is 0 Å². The first kappa shape index (κ1) is 20.7. The molecule has 0 radical (unpaired) electrons. The molecular weight excluding hydrogens is 386 g/mol. The fraction of sp³-hybridized carbons (Fsp3) is 0.231. The lowest BCUT2D eigenvalue weighted by molar-refractivity contribution is -0.136. The van der Waals surface area contributed by atoms with Crippen molar-refractivity contribution in [1.29, 1.82) is 0 Å². The molecule has 0 unspecified atom stereocenters. The van der Waals surface area contributed by atoms with Gasteiger partial charge in [0.2, 0.25) is 0 Å². The number of hydrogen-bond acceptors (Lipinski definition) is 3. The van der Waals surface area contributed by atoms with E-state index in [4.69, 9.17) is 0 Å². The van der Waals surface area contributed by atoms with Gasteiger partial charge in [-0.25, -0.2) is 0 Å². The summed E-state index contributed by atoms with van der Waals surface area (Å²) in [6.45, 7) is 4.30. The first-order valence-corrected chi connectivity index (χ1v) is 10.6. The Morgan fingerprint density at radius 2 is 1.68 bits per heavy atom. The minimum atomic E-state index is -0.647. The van der Waals surface area contributed by atoms with Crippen LogP contribution in [0.5, 0.6) is 0 Å². The third-order valence-electron chi connectivity index (χ3n) is 5.61. The summed E-state index contributed by atoms with van der Waals surface area (Å²) in [5, 5.41) is 5.32. The van der Waals surface area contributed by atoms with Crippen LogP contribution >= 0.6 is 0 Å². The maximum absolute atomic E-state index is 12.1. The van der Waals surface area contributed by atoms with Gasteiger partial charge in [-0.15, -0.1) is 0 Å². The molecule has 1 aliphatic heterocycles. The second kappa shape index (κ2) is 9.47. The molecule has 3 aromatic rings. The molecule has 2 N–H and O–H groups in total. The number of nitrogens with zero attached hydrogens (tertiary/aromatic N) is 1. The smallest absolute Gasteiger partial charge is 0.313 e. The predicted molar refractivity (Wildman–Crippen MR) is 124 cm³/mol. The van der Waals surface area contributed by atoms with Crippen LogP contribution in [0.25, 0.3) is 0 Å². The number of carbonyl (C=O) groups is 2. The van der Waals surface area contributed by atoms with E-state index in [1.165, 1.54) is 16.8 Å². The van der Waals surface area contributed by atoms with Gasteiger partial charge in [-0.05, 0) is 66.3 Å². The van der Waals surface area contributed by atoms with E-state index in [-0.39, 0.29) is 0 Å². The highest BCUT2D eigenvalue weighted by atomic mass is 16.2. The largest absolute Gasteiger partial charge is 0.367 e. The molecule has 31 heavy (non-hydrogen) atoms. The van der Waals surface area contributed by atoms with E-state index >= 15 is 0 Å². The van der Waals surface area contributed by atoms with Gasteiger partial charge < -0.3 is 15.5 Å². The monoisotopic (exact) mass is 413 g/mol.